The molecule has 0 saturated carbocycles. The van der Waals surface area contributed by atoms with Gasteiger partial charge < -0.3 is 4.42 Å². The maximum atomic E-state index is 6.50. The van der Waals surface area contributed by atoms with Crippen molar-refractivity contribution in [3.63, 3.8) is 0 Å². The van der Waals surface area contributed by atoms with Gasteiger partial charge >= 0.3 is 0 Å². The predicted molar refractivity (Wildman–Crippen MR) is 215 cm³/mol. The highest BCUT2D eigenvalue weighted by molar-refractivity contribution is 6.07. The largest absolute Gasteiger partial charge is 0.460 e. The summed E-state index contributed by atoms with van der Waals surface area (Å²) < 4.78 is 13.1. The Bertz CT molecular complexity index is 2980. The molecule has 0 unspecified atom stereocenters. The van der Waals surface area contributed by atoms with Crippen LogP contribution in [-0.4, -0.2) is 14.1 Å². The molecule has 10 aromatic rings. The lowest BCUT2D eigenvalue weighted by molar-refractivity contribution is -0.571. The fourth-order valence-corrected chi connectivity index (χ4v) is 7.66. The second kappa shape index (κ2) is 11.9. The van der Waals surface area contributed by atoms with Crippen molar-refractivity contribution in [1.82, 2.24) is 14.1 Å². The highest BCUT2D eigenvalue weighted by atomic mass is 16.3. The number of para-hydroxylation sites is 5. The summed E-state index contributed by atoms with van der Waals surface area (Å²) in [6, 6.07) is 57.5. The topological polar surface area (TPSA) is 39.8 Å². The summed E-state index contributed by atoms with van der Waals surface area (Å²) in [5.74, 6) is 0.880. The molecule has 0 N–H and O–H groups in total. The van der Waals surface area contributed by atoms with Gasteiger partial charge in [-0.25, -0.2) is 4.98 Å². The minimum Gasteiger partial charge on any atom is -0.460 e. The number of nitrogens with zero attached hydrogens (tertiary/aromatic N) is 4. The average Bonchev–Trinajstić information content (AvgIpc) is 3.90. The van der Waals surface area contributed by atoms with E-state index in [4.69, 9.17) is 9.40 Å². The quantitative estimate of drug-likeness (QED) is 0.134. The normalized spacial score (nSPS) is 12.1. The maximum Gasteiger partial charge on any atom is 0.270 e. The van der Waals surface area contributed by atoms with Crippen LogP contribution in [0, 0.1) is 6.33 Å². The summed E-state index contributed by atoms with van der Waals surface area (Å²) in [5.41, 5.74) is 13.2. The zero-order chi connectivity index (χ0) is 35.7. The highest BCUT2D eigenvalue weighted by Crippen LogP contribution is 2.39. The Balaban J connectivity index is 1.25. The predicted octanol–water partition coefficient (Wildman–Crippen LogP) is 11.6. The molecule has 5 heteroatoms. The minimum atomic E-state index is -0.0120. The molecular formula is C48H36N4O. The summed E-state index contributed by atoms with van der Waals surface area (Å²) in [5, 5.41) is 2.18. The molecule has 7 aromatic carbocycles. The minimum absolute atomic E-state index is 0.0120. The van der Waals surface area contributed by atoms with Crippen molar-refractivity contribution in [3.8, 4) is 39.6 Å². The molecule has 0 spiro atoms. The van der Waals surface area contributed by atoms with Crippen LogP contribution < -0.4 is 4.57 Å². The van der Waals surface area contributed by atoms with Gasteiger partial charge in [-0.2, -0.15) is 0 Å². The van der Waals surface area contributed by atoms with Gasteiger partial charge in [0.05, 0.1) is 27.9 Å². The molecule has 3 aromatic heterocycles. The molecule has 0 aliphatic heterocycles. The van der Waals surface area contributed by atoms with Crippen molar-refractivity contribution in [2.45, 2.75) is 26.2 Å². The van der Waals surface area contributed by atoms with Crippen molar-refractivity contribution in [2.75, 3.05) is 0 Å². The SMILES string of the molecule is CC(C)(C)c1ccc(-n2c(-c3ccccc3)nc3c(-[n+]4[c-]n(-c5cccc6c5oc5ccccc56)c5ccccc54)cccc32)c(-c2ccccc2)c1. The lowest BCUT2D eigenvalue weighted by Gasteiger charge is -2.23. The van der Waals surface area contributed by atoms with Crippen LogP contribution in [0.1, 0.15) is 26.3 Å². The van der Waals surface area contributed by atoms with E-state index in [2.05, 4.69) is 192 Å². The Labute approximate surface area is 307 Å². The number of benzene rings is 7. The van der Waals surface area contributed by atoms with Crippen molar-refractivity contribution in [3.05, 3.63) is 176 Å². The van der Waals surface area contributed by atoms with Crippen LogP contribution in [0.25, 0.3) is 83.6 Å². The Morgan fingerprint density at radius 1 is 0.604 bits per heavy atom. The number of aromatic nitrogens is 4. The van der Waals surface area contributed by atoms with Gasteiger partial charge in [-0.05, 0) is 52.9 Å². The number of fused-ring (bicyclic) bond motifs is 5. The van der Waals surface area contributed by atoms with Crippen LogP contribution in [0.15, 0.2) is 168 Å². The molecule has 254 valence electrons. The van der Waals surface area contributed by atoms with E-state index in [1.165, 1.54) is 5.56 Å². The first-order valence-electron chi connectivity index (χ1n) is 18.1. The van der Waals surface area contributed by atoms with Gasteiger partial charge in [0, 0.05) is 21.9 Å². The smallest absolute Gasteiger partial charge is 0.270 e. The number of hydrogen-bond acceptors (Lipinski definition) is 2. The van der Waals surface area contributed by atoms with Crippen molar-refractivity contribution in [1.29, 1.82) is 0 Å². The maximum absolute atomic E-state index is 6.50. The summed E-state index contributed by atoms with van der Waals surface area (Å²) in [6.07, 6.45) is 3.74. The third kappa shape index (κ3) is 5.00. The zero-order valence-electron chi connectivity index (χ0n) is 29.8. The number of imidazole rings is 2. The van der Waals surface area contributed by atoms with Gasteiger partial charge in [-0.3, -0.25) is 13.7 Å². The number of furan rings is 1. The van der Waals surface area contributed by atoms with E-state index in [1.54, 1.807) is 0 Å². The van der Waals surface area contributed by atoms with E-state index in [1.807, 2.05) is 12.1 Å². The molecule has 53 heavy (non-hydrogen) atoms. The molecule has 0 atom stereocenters. The fourth-order valence-electron chi connectivity index (χ4n) is 7.66. The third-order valence-electron chi connectivity index (χ3n) is 10.3. The first-order valence-corrected chi connectivity index (χ1v) is 18.1. The molecule has 5 nitrogen and oxygen atoms in total. The molecular weight excluding hydrogens is 649 g/mol. The molecule has 3 heterocycles. The van der Waals surface area contributed by atoms with Gasteiger partial charge in [0.2, 0.25) is 0 Å². The Morgan fingerprint density at radius 3 is 2.09 bits per heavy atom. The summed E-state index contributed by atoms with van der Waals surface area (Å²) in [7, 11) is 0. The standard InChI is InChI=1S/C48H36N4O/c1-48(2,3)34-28-29-38(37(30-34)32-16-6-4-7-17-32)52-42-25-15-24-41(45(42)49-47(52)33-18-8-5-9-19-33)50-31-51(40-23-12-11-22-39(40)50)43-26-14-21-36-35-20-10-13-27-44(35)53-46(36)43/h4-30H,1-3H3. The van der Waals surface area contributed by atoms with Crippen LogP contribution >= 0.6 is 0 Å². The van der Waals surface area contributed by atoms with Crippen LogP contribution in [0.2, 0.25) is 0 Å². The summed E-state index contributed by atoms with van der Waals surface area (Å²) >= 11 is 0. The van der Waals surface area contributed by atoms with Crippen molar-refractivity contribution < 1.29 is 8.98 Å². The second-order valence-corrected chi connectivity index (χ2v) is 14.6. The van der Waals surface area contributed by atoms with E-state index in [0.29, 0.717) is 0 Å². The molecule has 0 bridgehead atoms. The molecule has 0 amide bonds. The van der Waals surface area contributed by atoms with Crippen LogP contribution in [0.4, 0.5) is 0 Å². The first kappa shape index (κ1) is 31.1. The van der Waals surface area contributed by atoms with E-state index in [0.717, 1.165) is 83.6 Å². The van der Waals surface area contributed by atoms with Gasteiger partial charge in [-0.15, -0.1) is 0 Å². The first-order chi connectivity index (χ1) is 25.9. The van der Waals surface area contributed by atoms with E-state index in [9.17, 15) is 0 Å². The number of rotatable bonds is 5. The molecule has 0 aliphatic rings. The lowest BCUT2D eigenvalue weighted by Crippen LogP contribution is -2.30. The molecule has 0 fully saturated rings. The lowest BCUT2D eigenvalue weighted by atomic mass is 9.85. The Kier molecular flexibility index (Phi) is 6.99. The van der Waals surface area contributed by atoms with Gasteiger partial charge in [0.15, 0.2) is 0 Å². The zero-order valence-corrected chi connectivity index (χ0v) is 29.8. The van der Waals surface area contributed by atoms with E-state index >= 15 is 0 Å². The van der Waals surface area contributed by atoms with Gasteiger partial charge in [0.1, 0.15) is 28.2 Å². The fraction of sp³-hybridized carbons (Fsp3) is 0.0833. The third-order valence-corrected chi connectivity index (χ3v) is 10.3. The Hall–Kier alpha value is -6.72. The second-order valence-electron chi connectivity index (χ2n) is 14.6. The molecule has 0 saturated heterocycles. The van der Waals surface area contributed by atoms with Gasteiger partial charge in [0.25, 0.3) is 6.33 Å². The van der Waals surface area contributed by atoms with E-state index in [-0.39, 0.29) is 5.41 Å². The molecule has 10 rings (SSSR count). The van der Waals surface area contributed by atoms with Crippen LogP contribution in [0.5, 0.6) is 0 Å². The van der Waals surface area contributed by atoms with Crippen LogP contribution in [0.3, 0.4) is 0 Å². The molecule has 0 radical (unpaired) electrons. The monoisotopic (exact) mass is 684 g/mol. The highest BCUT2D eigenvalue weighted by Gasteiger charge is 2.24. The van der Waals surface area contributed by atoms with Crippen molar-refractivity contribution >= 4 is 44.0 Å². The average molecular weight is 685 g/mol. The van der Waals surface area contributed by atoms with E-state index < -0.39 is 0 Å². The summed E-state index contributed by atoms with van der Waals surface area (Å²) in [4.78, 5) is 5.50. The van der Waals surface area contributed by atoms with Crippen molar-refractivity contribution in [2.24, 2.45) is 0 Å². The summed E-state index contributed by atoms with van der Waals surface area (Å²) in [6.45, 7) is 6.80. The number of hydrogen-bond donors (Lipinski definition) is 0. The van der Waals surface area contributed by atoms with Gasteiger partial charge in [-0.1, -0.05) is 148 Å². The molecule has 0 aliphatic carbocycles. The Morgan fingerprint density at radius 2 is 1.28 bits per heavy atom. The van der Waals surface area contributed by atoms with Crippen LogP contribution in [-0.2, 0) is 5.41 Å².